The van der Waals surface area contributed by atoms with E-state index in [1.165, 1.54) is 22.0 Å². The lowest BCUT2D eigenvalue weighted by Gasteiger charge is -2.26. The Labute approximate surface area is 160 Å². The minimum Gasteiger partial charge on any atom is -0.379 e. The highest BCUT2D eigenvalue weighted by molar-refractivity contribution is 7.89. The van der Waals surface area contributed by atoms with Gasteiger partial charge in [0.05, 0.1) is 18.1 Å². The largest absolute Gasteiger partial charge is 0.379 e. The van der Waals surface area contributed by atoms with Gasteiger partial charge in [0, 0.05) is 31.7 Å². The number of benzene rings is 1. The molecule has 0 unspecified atom stereocenters. The van der Waals surface area contributed by atoms with Gasteiger partial charge in [0.25, 0.3) is 5.91 Å². The highest BCUT2D eigenvalue weighted by atomic mass is 35.5. The number of nitrogens with one attached hydrogen (secondary N) is 2. The highest BCUT2D eigenvalue weighted by Gasteiger charge is 2.26. The van der Waals surface area contributed by atoms with Crippen molar-refractivity contribution in [3.05, 3.63) is 41.5 Å². The lowest BCUT2D eigenvalue weighted by Crippen LogP contribution is -2.40. The Morgan fingerprint density at radius 3 is 2.73 bits per heavy atom. The van der Waals surface area contributed by atoms with E-state index in [1.807, 2.05) is 0 Å². The summed E-state index contributed by atoms with van der Waals surface area (Å²) in [5.41, 5.74) is 1.54. The zero-order valence-electron chi connectivity index (χ0n) is 14.4. The molecule has 0 saturated carbocycles. The second-order valence-electron chi connectivity index (χ2n) is 6.04. The Hall–Kier alpha value is -1.45. The number of carbonyl (C=O) groups is 1. The normalized spacial score (nSPS) is 18.5. The van der Waals surface area contributed by atoms with E-state index in [1.54, 1.807) is 12.1 Å². The van der Waals surface area contributed by atoms with Gasteiger partial charge in [0.1, 0.15) is 0 Å². The van der Waals surface area contributed by atoms with Crippen LogP contribution in [-0.2, 0) is 14.8 Å². The van der Waals surface area contributed by atoms with Crippen LogP contribution in [0.5, 0.6) is 0 Å². The van der Waals surface area contributed by atoms with Crippen molar-refractivity contribution in [3.8, 4) is 0 Å². The number of carbonyl (C=O) groups excluding carboxylic acids is 1. The Balaban J connectivity index is 0.00000243. The Kier molecular flexibility index (Phi) is 7.60. The highest BCUT2D eigenvalue weighted by Crippen LogP contribution is 2.18. The first kappa shape index (κ1) is 20.9. The molecule has 26 heavy (non-hydrogen) atoms. The van der Waals surface area contributed by atoms with Gasteiger partial charge in [0.15, 0.2) is 0 Å². The molecular formula is C17H24ClN3O4S. The van der Waals surface area contributed by atoms with Crippen LogP contribution in [0.25, 0.3) is 0 Å². The van der Waals surface area contributed by atoms with E-state index in [0.717, 1.165) is 19.5 Å². The van der Waals surface area contributed by atoms with Crippen LogP contribution in [0.4, 0.5) is 0 Å². The van der Waals surface area contributed by atoms with E-state index in [4.69, 9.17) is 4.74 Å². The number of nitrogens with zero attached hydrogens (tertiary/aromatic N) is 1. The van der Waals surface area contributed by atoms with E-state index in [0.29, 0.717) is 38.4 Å². The number of morpholine rings is 1. The number of amides is 1. The molecular weight excluding hydrogens is 378 g/mol. The number of hydrogen-bond acceptors (Lipinski definition) is 5. The summed E-state index contributed by atoms with van der Waals surface area (Å²) in [5, 5.41) is 6.08. The summed E-state index contributed by atoms with van der Waals surface area (Å²) < 4.78 is 32.0. The van der Waals surface area contributed by atoms with Crippen LogP contribution in [0.3, 0.4) is 0 Å². The molecule has 1 aromatic carbocycles. The van der Waals surface area contributed by atoms with Crippen molar-refractivity contribution in [1.82, 2.24) is 14.9 Å². The second kappa shape index (κ2) is 9.48. The van der Waals surface area contributed by atoms with Crippen molar-refractivity contribution in [2.24, 2.45) is 0 Å². The van der Waals surface area contributed by atoms with Crippen molar-refractivity contribution in [1.29, 1.82) is 0 Å². The number of hydrogen-bond donors (Lipinski definition) is 2. The van der Waals surface area contributed by atoms with Crippen molar-refractivity contribution >= 4 is 28.3 Å². The van der Waals surface area contributed by atoms with Crippen LogP contribution in [-0.4, -0.2) is 64.6 Å². The van der Waals surface area contributed by atoms with Crippen LogP contribution < -0.4 is 10.6 Å². The van der Waals surface area contributed by atoms with Gasteiger partial charge in [-0.15, -0.1) is 12.4 Å². The molecule has 1 fully saturated rings. The molecule has 0 aromatic heterocycles. The average molecular weight is 402 g/mol. The summed E-state index contributed by atoms with van der Waals surface area (Å²) >= 11 is 0. The molecule has 2 aliphatic rings. The molecule has 3 rings (SSSR count). The SMILES string of the molecule is Cl.O=C(NCC1=CCNCC1)c1cccc(S(=O)(=O)N2CCOCC2)c1. The molecule has 2 aliphatic heterocycles. The Bertz CT molecular complexity index is 761. The summed E-state index contributed by atoms with van der Waals surface area (Å²) in [6.45, 7) is 3.67. The third kappa shape index (κ3) is 5.05. The lowest BCUT2D eigenvalue weighted by atomic mass is 10.1. The molecule has 0 bridgehead atoms. The first-order chi connectivity index (χ1) is 12.1. The lowest BCUT2D eigenvalue weighted by molar-refractivity contribution is 0.0730. The summed E-state index contributed by atoms with van der Waals surface area (Å²) in [4.78, 5) is 12.5. The summed E-state index contributed by atoms with van der Waals surface area (Å²) in [5.74, 6) is -0.265. The van der Waals surface area contributed by atoms with Gasteiger partial charge in [-0.1, -0.05) is 17.7 Å². The van der Waals surface area contributed by atoms with Crippen molar-refractivity contribution < 1.29 is 17.9 Å². The minimum atomic E-state index is -3.60. The maximum absolute atomic E-state index is 12.7. The van der Waals surface area contributed by atoms with Crippen molar-refractivity contribution in [3.63, 3.8) is 0 Å². The smallest absolute Gasteiger partial charge is 0.251 e. The van der Waals surface area contributed by atoms with Crippen LogP contribution in [0.2, 0.25) is 0 Å². The van der Waals surface area contributed by atoms with Crippen LogP contribution in [0, 0.1) is 0 Å². The molecule has 144 valence electrons. The fourth-order valence-corrected chi connectivity index (χ4v) is 4.31. The van der Waals surface area contributed by atoms with Gasteiger partial charge in [-0.05, 0) is 31.2 Å². The van der Waals surface area contributed by atoms with Gasteiger partial charge in [-0.3, -0.25) is 4.79 Å². The maximum atomic E-state index is 12.7. The zero-order valence-corrected chi connectivity index (χ0v) is 16.1. The Morgan fingerprint density at radius 2 is 2.04 bits per heavy atom. The van der Waals surface area contributed by atoms with Crippen LogP contribution >= 0.6 is 12.4 Å². The number of ether oxygens (including phenoxy) is 1. The first-order valence-electron chi connectivity index (χ1n) is 8.42. The van der Waals surface area contributed by atoms with Crippen LogP contribution in [0.1, 0.15) is 16.8 Å². The molecule has 0 spiro atoms. The van der Waals surface area contributed by atoms with Gasteiger partial charge in [0.2, 0.25) is 10.0 Å². The first-order valence-corrected chi connectivity index (χ1v) is 9.86. The summed E-state index contributed by atoms with van der Waals surface area (Å²) in [6.07, 6.45) is 2.98. The van der Waals surface area contributed by atoms with E-state index in [9.17, 15) is 13.2 Å². The van der Waals surface area contributed by atoms with Gasteiger partial charge in [-0.2, -0.15) is 4.31 Å². The predicted octanol–water partition coefficient (Wildman–Crippen LogP) is 0.779. The van der Waals surface area contributed by atoms with Gasteiger partial charge in [-0.25, -0.2) is 8.42 Å². The molecule has 2 heterocycles. The predicted molar refractivity (Wildman–Crippen MR) is 101 cm³/mol. The zero-order chi connectivity index (χ0) is 17.7. The van der Waals surface area contributed by atoms with E-state index < -0.39 is 10.0 Å². The summed E-state index contributed by atoms with van der Waals surface area (Å²) in [7, 11) is -3.60. The van der Waals surface area contributed by atoms with E-state index in [2.05, 4.69) is 16.7 Å². The molecule has 2 N–H and O–H groups in total. The molecule has 1 saturated heterocycles. The third-order valence-corrected chi connectivity index (χ3v) is 6.23. The van der Waals surface area contributed by atoms with Crippen LogP contribution in [0.15, 0.2) is 40.8 Å². The molecule has 9 heteroatoms. The molecule has 0 radical (unpaired) electrons. The van der Waals surface area contributed by atoms with E-state index >= 15 is 0 Å². The van der Waals surface area contributed by atoms with Crippen molar-refractivity contribution in [2.45, 2.75) is 11.3 Å². The fourth-order valence-electron chi connectivity index (χ4n) is 2.86. The fraction of sp³-hybridized carbons (Fsp3) is 0.471. The second-order valence-corrected chi connectivity index (χ2v) is 7.98. The van der Waals surface area contributed by atoms with Gasteiger partial charge < -0.3 is 15.4 Å². The van der Waals surface area contributed by atoms with Crippen molar-refractivity contribution in [2.75, 3.05) is 45.9 Å². The molecule has 1 amide bonds. The number of halogens is 1. The monoisotopic (exact) mass is 401 g/mol. The number of sulfonamides is 1. The average Bonchev–Trinajstić information content (AvgIpc) is 2.67. The minimum absolute atomic E-state index is 0. The van der Waals surface area contributed by atoms with Gasteiger partial charge >= 0.3 is 0 Å². The number of rotatable bonds is 5. The van der Waals surface area contributed by atoms with E-state index in [-0.39, 0.29) is 23.2 Å². The molecule has 0 aliphatic carbocycles. The standard InChI is InChI=1S/C17H23N3O4S.ClH/c21-17(19-13-14-4-6-18-7-5-14)15-2-1-3-16(12-15)25(22,23)20-8-10-24-11-9-20;/h1-4,12,18H,5-11,13H2,(H,19,21);1H. The molecule has 1 aromatic rings. The molecule has 0 atom stereocenters. The topological polar surface area (TPSA) is 87.7 Å². The Morgan fingerprint density at radius 1 is 1.27 bits per heavy atom. The maximum Gasteiger partial charge on any atom is 0.251 e. The quantitative estimate of drug-likeness (QED) is 0.712. The third-order valence-electron chi connectivity index (χ3n) is 4.34. The molecule has 7 nitrogen and oxygen atoms in total. The summed E-state index contributed by atoms with van der Waals surface area (Å²) in [6, 6.07) is 6.20.